The molecular formula is C31H106Al4N2O27Si4. The molecule has 0 fully saturated rings. The second-order valence-electron chi connectivity index (χ2n) is 7.67. The van der Waals surface area contributed by atoms with Crippen molar-refractivity contribution >= 4 is 102 Å². The summed E-state index contributed by atoms with van der Waals surface area (Å²) in [5, 5.41) is 63.0. The Morgan fingerprint density at radius 3 is 0.456 bits per heavy atom. The van der Waals surface area contributed by atoms with E-state index >= 15 is 0 Å². The van der Waals surface area contributed by atoms with E-state index in [4.69, 9.17) is 118 Å². The molecule has 0 aromatic rings. The van der Waals surface area contributed by atoms with E-state index in [1.807, 2.05) is 13.8 Å². The van der Waals surface area contributed by atoms with Crippen LogP contribution in [0.5, 0.6) is 0 Å². The van der Waals surface area contributed by atoms with Crippen molar-refractivity contribution in [1.29, 1.82) is 0 Å². The molecule has 0 heterocycles. The number of hydrogen-bond acceptors (Lipinski definition) is 25. The molecule has 0 aromatic heterocycles. The Morgan fingerprint density at radius 1 is 0.309 bits per heavy atom. The first-order valence-electron chi connectivity index (χ1n) is 17.5. The van der Waals surface area contributed by atoms with Crippen LogP contribution in [0, 0.1) is 0 Å². The van der Waals surface area contributed by atoms with E-state index in [2.05, 4.69) is 0 Å². The zero-order chi connectivity index (χ0) is 54.1. The van der Waals surface area contributed by atoms with Gasteiger partial charge < -0.3 is 132 Å². The zero-order valence-corrected chi connectivity index (χ0v) is 54.5. The van der Waals surface area contributed by atoms with Gasteiger partial charge in [-0.05, 0) is 25.9 Å². The Hall–Kier alpha value is 1.52. The summed E-state index contributed by atoms with van der Waals surface area (Å²) in [4.78, 5) is 0. The van der Waals surface area contributed by atoms with Gasteiger partial charge in [0.15, 0.2) is 0 Å². The normalized spacial score (nSPS) is 7.94. The molecule has 430 valence electrons. The summed E-state index contributed by atoms with van der Waals surface area (Å²) in [5.41, 5.74) is 10.7. The van der Waals surface area contributed by atoms with Crippen LogP contribution < -0.4 is 11.5 Å². The first-order chi connectivity index (χ1) is 30.0. The Kier molecular flexibility index (Phi) is 307. The third-order valence-electron chi connectivity index (χ3n) is 5.97. The van der Waals surface area contributed by atoms with Crippen LogP contribution in [-0.2, 0) is 60.7 Å². The van der Waals surface area contributed by atoms with E-state index < -0.39 is 35.2 Å². The van der Waals surface area contributed by atoms with Gasteiger partial charge >= 0.3 is 75.3 Å². The molecule has 0 bridgehead atoms. The summed E-state index contributed by atoms with van der Waals surface area (Å²) in [7, 11) is 19.3. The van der Waals surface area contributed by atoms with Crippen molar-refractivity contribution in [1.82, 2.24) is 0 Å². The van der Waals surface area contributed by atoms with Crippen LogP contribution in [0.15, 0.2) is 0 Å². The van der Waals surface area contributed by atoms with Crippen molar-refractivity contribution in [2.75, 3.05) is 162 Å². The molecule has 0 aliphatic rings. The second-order valence-corrected chi connectivity index (χ2v) is 20.5. The molecule has 21 N–H and O–H groups in total. The van der Waals surface area contributed by atoms with Gasteiger partial charge in [-0.2, -0.15) is 0 Å². The Morgan fingerprint density at radius 2 is 0.412 bits per heavy atom. The molecule has 0 aliphatic heterocycles. The van der Waals surface area contributed by atoms with Crippen LogP contribution in [0.4, 0.5) is 0 Å². The van der Waals surface area contributed by atoms with Crippen molar-refractivity contribution in [3.63, 3.8) is 0 Å². The molecule has 8 radical (unpaired) electrons. The van der Waals surface area contributed by atoms with Crippen LogP contribution in [0.25, 0.3) is 0 Å². The maximum atomic E-state index is 8.17. The molecule has 0 spiro atoms. The van der Waals surface area contributed by atoms with Gasteiger partial charge in [0.1, 0.15) is 0 Å². The molecule has 0 rings (SSSR count). The molecule has 0 atom stereocenters. The standard InChI is InChI=1S/2C6H17NO3Si.2C5H14O3Si.9CH4O.4Al.4H2O.2O/c2*1-8-11(9-2,10-3)6-4-5-7;2*1-5-9(6-2,7-3)8-4;9*1-2;;;;;;;;;;/h2*4-7H2,1-3H3;2*5H2,1-4H3;9*2H,1H3;;;;;4*1H2;;. The third kappa shape index (κ3) is 104. The van der Waals surface area contributed by atoms with E-state index in [0.29, 0.717) is 13.1 Å². The van der Waals surface area contributed by atoms with Crippen LogP contribution >= 0.6 is 0 Å². The van der Waals surface area contributed by atoms with Crippen molar-refractivity contribution in [3.05, 3.63) is 0 Å². The molecule has 68 heavy (non-hydrogen) atoms. The van der Waals surface area contributed by atoms with Gasteiger partial charge in [-0.1, -0.05) is 13.8 Å². The number of aliphatic hydroxyl groups excluding tert-OH is 9. The van der Waals surface area contributed by atoms with Gasteiger partial charge in [0.05, 0.1) is 0 Å². The summed E-state index contributed by atoms with van der Waals surface area (Å²) in [5.74, 6) is 0. The van der Waals surface area contributed by atoms with Gasteiger partial charge in [-0.25, -0.2) is 0 Å². The van der Waals surface area contributed by atoms with Crippen LogP contribution in [0.3, 0.4) is 0 Å². The van der Waals surface area contributed by atoms with E-state index in [9.17, 15) is 0 Å². The SMILES string of the molecule is CC[Si](OC)(OC)OC.CC[Si](OC)(OC)OC.CO.CO.CO.CO.CO.CO.CO.CO.CO.CO[Si](CCCN)(OC)OC.CO[Si](CCCN)(OC)OC.O.O.O.O.[Al].[Al].[O]=[Al].[O]=[Al]. The molecule has 0 saturated heterocycles. The fourth-order valence-corrected chi connectivity index (χ4v) is 9.35. The van der Waals surface area contributed by atoms with Crippen molar-refractivity contribution in [3.8, 4) is 0 Å². The molecule has 0 unspecified atom stereocenters. The summed E-state index contributed by atoms with van der Waals surface area (Å²) in [6.07, 6.45) is 1.75. The molecule has 0 saturated carbocycles. The molecule has 0 aliphatic carbocycles. The van der Waals surface area contributed by atoms with E-state index in [0.717, 1.165) is 101 Å². The first kappa shape index (κ1) is 139. The fraction of sp³-hybridized carbons (Fsp3) is 1.00. The number of aliphatic hydroxyl groups is 9. The summed E-state index contributed by atoms with van der Waals surface area (Å²) < 4.78 is 77.9. The molecule has 0 amide bonds. The predicted octanol–water partition coefficient (Wildman–Crippen LogP) is -6.39. The third-order valence-corrected chi connectivity index (χ3v) is 17.1. The van der Waals surface area contributed by atoms with Crippen LogP contribution in [0.1, 0.15) is 26.7 Å². The Bertz CT molecular complexity index is 501. The molecule has 0 aromatic carbocycles. The zero-order valence-electron chi connectivity index (χ0n) is 45.9. The fourth-order valence-electron chi connectivity index (χ4n) is 3.12. The minimum absolute atomic E-state index is 0. The van der Waals surface area contributed by atoms with Crippen molar-refractivity contribution < 1.29 is 129 Å². The van der Waals surface area contributed by atoms with E-state index in [1.54, 1.807) is 85.3 Å². The van der Waals surface area contributed by atoms with Crippen molar-refractivity contribution in [2.24, 2.45) is 11.5 Å². The topological polar surface area (TPSA) is 505 Å². The number of hydrogen-bond donors (Lipinski definition) is 11. The molecule has 37 heteroatoms. The van der Waals surface area contributed by atoms with Gasteiger partial charge in [-0.15, -0.1) is 0 Å². The average Bonchev–Trinajstić information content (AvgIpc) is 3.41. The quantitative estimate of drug-likeness (QED) is 0.0505. The predicted molar refractivity (Wildman–Crippen MR) is 277 cm³/mol. The monoisotopic (exact) mass is 1160 g/mol. The van der Waals surface area contributed by atoms with Gasteiger partial charge in [0, 0.05) is 208 Å². The number of rotatable bonds is 20. The van der Waals surface area contributed by atoms with E-state index in [-0.39, 0.29) is 56.6 Å². The summed E-state index contributed by atoms with van der Waals surface area (Å²) in [6.45, 7) is 5.26. The minimum atomic E-state index is -2.32. The van der Waals surface area contributed by atoms with Gasteiger partial charge in [-0.3, -0.25) is 0 Å². The van der Waals surface area contributed by atoms with Crippen molar-refractivity contribution in [2.45, 2.75) is 50.9 Å². The maximum absolute atomic E-state index is 8.17. The molecule has 29 nitrogen and oxygen atoms in total. The van der Waals surface area contributed by atoms with Gasteiger partial charge in [0.2, 0.25) is 0 Å². The Balaban J connectivity index is -0.0000000195. The molecular weight excluding hydrogens is 1050 g/mol. The Labute approximate surface area is 453 Å². The summed E-state index contributed by atoms with van der Waals surface area (Å²) >= 11 is 2.33. The average molecular weight is 1160 g/mol. The first-order valence-corrected chi connectivity index (χ1v) is 26.2. The van der Waals surface area contributed by atoms with Crippen LogP contribution in [0.2, 0.25) is 24.2 Å². The second kappa shape index (κ2) is 151. The summed E-state index contributed by atoms with van der Waals surface area (Å²) in [6, 6.07) is 3.20. The van der Waals surface area contributed by atoms with E-state index in [1.165, 1.54) is 32.4 Å². The number of nitrogens with two attached hydrogens (primary N) is 2. The van der Waals surface area contributed by atoms with Crippen LogP contribution in [-0.4, -0.2) is 333 Å². The van der Waals surface area contributed by atoms with Gasteiger partial charge in [0.25, 0.3) is 0 Å².